The maximum atomic E-state index is 13.5. The lowest BCUT2D eigenvalue weighted by atomic mass is 9.96. The van der Waals surface area contributed by atoms with Crippen molar-refractivity contribution in [3.63, 3.8) is 0 Å². The van der Waals surface area contributed by atoms with Gasteiger partial charge in [-0.25, -0.2) is 4.39 Å². The van der Waals surface area contributed by atoms with Crippen molar-refractivity contribution in [2.45, 2.75) is 20.3 Å². The molecule has 1 aromatic rings. The van der Waals surface area contributed by atoms with E-state index in [4.69, 9.17) is 10.8 Å². The molecule has 1 unspecified atom stereocenters. The molecule has 0 amide bonds. The summed E-state index contributed by atoms with van der Waals surface area (Å²) in [6.07, 6.45) is 0.500. The summed E-state index contributed by atoms with van der Waals surface area (Å²) in [4.78, 5) is 0. The van der Waals surface area contributed by atoms with E-state index in [0.29, 0.717) is 18.5 Å². The van der Waals surface area contributed by atoms with Crippen molar-refractivity contribution in [3.05, 3.63) is 34.6 Å². The van der Waals surface area contributed by atoms with E-state index < -0.39 is 0 Å². The van der Waals surface area contributed by atoms with E-state index in [1.54, 1.807) is 0 Å². The summed E-state index contributed by atoms with van der Waals surface area (Å²) in [5.41, 5.74) is 8.13. The number of halogens is 1. The van der Waals surface area contributed by atoms with Crippen LogP contribution in [0.25, 0.3) is 0 Å². The van der Waals surface area contributed by atoms with E-state index >= 15 is 0 Å². The van der Waals surface area contributed by atoms with Crippen LogP contribution < -0.4 is 5.73 Å². The molecular weight excluding hydrogens is 193 g/mol. The molecule has 0 aliphatic carbocycles. The zero-order valence-corrected chi connectivity index (χ0v) is 9.26. The van der Waals surface area contributed by atoms with Crippen LogP contribution in [0.1, 0.15) is 16.7 Å². The molecule has 0 aliphatic heterocycles. The van der Waals surface area contributed by atoms with Gasteiger partial charge in [0, 0.05) is 6.61 Å². The number of nitrogens with two attached hydrogens (primary N) is 1. The molecule has 84 valence electrons. The third-order valence-corrected chi connectivity index (χ3v) is 2.76. The Labute approximate surface area is 89.9 Å². The zero-order chi connectivity index (χ0) is 11.4. The van der Waals surface area contributed by atoms with Crippen molar-refractivity contribution in [2.24, 2.45) is 11.7 Å². The molecule has 1 rings (SSSR count). The van der Waals surface area contributed by atoms with Gasteiger partial charge in [0.05, 0.1) is 0 Å². The Kier molecular flexibility index (Phi) is 4.24. The predicted octanol–water partition coefficient (Wildman–Crippen LogP) is 1.55. The molecule has 0 radical (unpaired) electrons. The van der Waals surface area contributed by atoms with Crippen molar-refractivity contribution < 1.29 is 9.50 Å². The van der Waals surface area contributed by atoms with Gasteiger partial charge in [0.2, 0.25) is 0 Å². The van der Waals surface area contributed by atoms with E-state index in [9.17, 15) is 4.39 Å². The second-order valence-corrected chi connectivity index (χ2v) is 4.02. The number of aliphatic hydroxyl groups is 1. The van der Waals surface area contributed by atoms with Gasteiger partial charge in [0.25, 0.3) is 0 Å². The van der Waals surface area contributed by atoms with E-state index in [2.05, 4.69) is 0 Å². The largest absolute Gasteiger partial charge is 0.396 e. The van der Waals surface area contributed by atoms with Crippen LogP contribution in [0.3, 0.4) is 0 Å². The highest BCUT2D eigenvalue weighted by atomic mass is 19.1. The number of benzene rings is 1. The molecule has 0 fully saturated rings. The molecule has 3 N–H and O–H groups in total. The average molecular weight is 211 g/mol. The van der Waals surface area contributed by atoms with Gasteiger partial charge < -0.3 is 10.8 Å². The molecule has 15 heavy (non-hydrogen) atoms. The molecule has 2 nitrogen and oxygen atoms in total. The maximum Gasteiger partial charge on any atom is 0.126 e. The summed E-state index contributed by atoms with van der Waals surface area (Å²) in [7, 11) is 0. The molecule has 0 spiro atoms. The summed E-state index contributed by atoms with van der Waals surface area (Å²) in [5, 5.41) is 9.00. The second kappa shape index (κ2) is 5.24. The number of aliphatic hydroxyl groups excluding tert-OH is 1. The highest BCUT2D eigenvalue weighted by Gasteiger charge is 2.11. The number of hydrogen-bond donors (Lipinski definition) is 2. The Bertz CT molecular complexity index is 335. The molecule has 3 heteroatoms. The highest BCUT2D eigenvalue weighted by molar-refractivity contribution is 5.31. The van der Waals surface area contributed by atoms with Gasteiger partial charge in [-0.3, -0.25) is 0 Å². The van der Waals surface area contributed by atoms with Crippen LogP contribution >= 0.6 is 0 Å². The first kappa shape index (κ1) is 12.1. The zero-order valence-electron chi connectivity index (χ0n) is 9.26. The maximum absolute atomic E-state index is 13.5. The molecule has 0 heterocycles. The lowest BCUT2D eigenvalue weighted by Gasteiger charge is -2.13. The Morgan fingerprint density at radius 3 is 2.47 bits per heavy atom. The lowest BCUT2D eigenvalue weighted by molar-refractivity contribution is 0.229. The first-order valence-corrected chi connectivity index (χ1v) is 5.15. The second-order valence-electron chi connectivity index (χ2n) is 4.02. The van der Waals surface area contributed by atoms with Crippen LogP contribution in [-0.2, 0) is 6.42 Å². The minimum Gasteiger partial charge on any atom is -0.396 e. The quantitative estimate of drug-likeness (QED) is 0.793. The minimum absolute atomic E-state index is 0.00284. The molecular formula is C12H18FNO. The Morgan fingerprint density at radius 2 is 1.93 bits per heavy atom. The van der Waals surface area contributed by atoms with E-state index in [1.165, 1.54) is 6.07 Å². The van der Waals surface area contributed by atoms with Gasteiger partial charge in [-0.15, -0.1) is 0 Å². The smallest absolute Gasteiger partial charge is 0.126 e. The summed E-state index contributed by atoms with van der Waals surface area (Å²) < 4.78 is 13.5. The van der Waals surface area contributed by atoms with Gasteiger partial charge in [-0.2, -0.15) is 0 Å². The highest BCUT2D eigenvalue weighted by Crippen LogP contribution is 2.17. The van der Waals surface area contributed by atoms with E-state index in [1.807, 2.05) is 19.9 Å². The van der Waals surface area contributed by atoms with E-state index in [-0.39, 0.29) is 18.3 Å². The van der Waals surface area contributed by atoms with Crippen molar-refractivity contribution in [1.29, 1.82) is 0 Å². The molecule has 0 saturated carbocycles. The van der Waals surface area contributed by atoms with Gasteiger partial charge in [-0.05, 0) is 55.5 Å². The van der Waals surface area contributed by atoms with Crippen LogP contribution in [0.4, 0.5) is 4.39 Å². The fourth-order valence-electron chi connectivity index (χ4n) is 1.53. The third kappa shape index (κ3) is 3.01. The summed E-state index contributed by atoms with van der Waals surface area (Å²) in [6, 6.07) is 3.37. The van der Waals surface area contributed by atoms with Crippen LogP contribution in [0, 0.1) is 25.6 Å². The van der Waals surface area contributed by atoms with Gasteiger partial charge >= 0.3 is 0 Å². The number of aryl methyl sites for hydroxylation is 2. The molecule has 1 atom stereocenters. The average Bonchev–Trinajstić information content (AvgIpc) is 2.21. The molecule has 0 saturated heterocycles. The number of hydrogen-bond acceptors (Lipinski definition) is 2. The monoisotopic (exact) mass is 211 g/mol. The number of rotatable bonds is 4. The third-order valence-electron chi connectivity index (χ3n) is 2.76. The SMILES string of the molecule is Cc1cc(F)c(CC(CN)CO)cc1C. The summed E-state index contributed by atoms with van der Waals surface area (Å²) in [5.74, 6) is -0.258. The van der Waals surface area contributed by atoms with Gasteiger partial charge in [-0.1, -0.05) is 6.07 Å². The Morgan fingerprint density at radius 1 is 1.33 bits per heavy atom. The Hall–Kier alpha value is -0.930. The van der Waals surface area contributed by atoms with Gasteiger partial charge in [0.1, 0.15) is 5.82 Å². The van der Waals surface area contributed by atoms with Crippen molar-refractivity contribution in [2.75, 3.05) is 13.2 Å². The fourth-order valence-corrected chi connectivity index (χ4v) is 1.53. The molecule has 0 bridgehead atoms. The standard InChI is InChI=1S/C12H18FNO/c1-8-3-11(5-10(6-14)7-15)12(13)4-9(8)2/h3-4,10,15H,5-7,14H2,1-2H3. The molecule has 1 aromatic carbocycles. The van der Waals surface area contributed by atoms with Crippen LogP contribution in [0.15, 0.2) is 12.1 Å². The van der Waals surface area contributed by atoms with Crippen LogP contribution in [0.5, 0.6) is 0 Å². The fraction of sp³-hybridized carbons (Fsp3) is 0.500. The Balaban J connectivity index is 2.89. The summed E-state index contributed by atoms with van der Waals surface area (Å²) >= 11 is 0. The van der Waals surface area contributed by atoms with Gasteiger partial charge in [0.15, 0.2) is 0 Å². The summed E-state index contributed by atoms with van der Waals surface area (Å²) in [6.45, 7) is 4.22. The molecule has 0 aliphatic rings. The first-order chi connectivity index (χ1) is 7.08. The van der Waals surface area contributed by atoms with Crippen molar-refractivity contribution in [1.82, 2.24) is 0 Å². The van der Waals surface area contributed by atoms with Crippen LogP contribution in [-0.4, -0.2) is 18.3 Å². The predicted molar refractivity (Wildman–Crippen MR) is 59.2 cm³/mol. The van der Waals surface area contributed by atoms with Crippen molar-refractivity contribution >= 4 is 0 Å². The van der Waals surface area contributed by atoms with Crippen LogP contribution in [0.2, 0.25) is 0 Å². The molecule has 0 aromatic heterocycles. The minimum atomic E-state index is -0.204. The van der Waals surface area contributed by atoms with Crippen molar-refractivity contribution in [3.8, 4) is 0 Å². The lowest BCUT2D eigenvalue weighted by Crippen LogP contribution is -2.21. The first-order valence-electron chi connectivity index (χ1n) is 5.15. The van der Waals surface area contributed by atoms with E-state index in [0.717, 1.165) is 11.1 Å². The topological polar surface area (TPSA) is 46.2 Å². The normalized spacial score (nSPS) is 12.9.